The summed E-state index contributed by atoms with van der Waals surface area (Å²) >= 11 is 0. The molecule has 0 amide bonds. The Morgan fingerprint density at radius 1 is 1.00 bits per heavy atom. The van der Waals surface area contributed by atoms with Crippen LogP contribution in [0, 0.1) is 10.1 Å². The smallest absolute Gasteiger partial charge is 0.314 e. The van der Waals surface area contributed by atoms with Crippen molar-refractivity contribution in [1.29, 1.82) is 0 Å². The van der Waals surface area contributed by atoms with E-state index in [9.17, 15) is 10.1 Å². The molecule has 0 saturated heterocycles. The van der Waals surface area contributed by atoms with Crippen LogP contribution in [0.2, 0.25) is 0 Å². The van der Waals surface area contributed by atoms with Crippen molar-refractivity contribution in [2.75, 3.05) is 14.2 Å². The van der Waals surface area contributed by atoms with Gasteiger partial charge in [-0.15, -0.1) is 0 Å². The standard InChI is InChI=1S/C16H15NO4/c1-20-15-11-14(17(18)19)16(21-2)10-13(15)9-8-12-6-4-3-5-7-12/h3-11H,1-2H3. The molecule has 0 bridgehead atoms. The molecular formula is C16H15NO4. The van der Waals surface area contributed by atoms with Gasteiger partial charge in [0, 0.05) is 5.56 Å². The molecule has 0 spiro atoms. The molecule has 2 rings (SSSR count). The van der Waals surface area contributed by atoms with Gasteiger partial charge in [-0.3, -0.25) is 10.1 Å². The summed E-state index contributed by atoms with van der Waals surface area (Å²) in [5.74, 6) is 0.628. The molecule has 0 aliphatic heterocycles. The van der Waals surface area contributed by atoms with Crippen LogP contribution in [-0.2, 0) is 0 Å². The van der Waals surface area contributed by atoms with Crippen molar-refractivity contribution in [2.45, 2.75) is 0 Å². The average molecular weight is 285 g/mol. The summed E-state index contributed by atoms with van der Waals surface area (Å²) in [5.41, 5.74) is 1.62. The van der Waals surface area contributed by atoms with Gasteiger partial charge < -0.3 is 9.47 Å². The van der Waals surface area contributed by atoms with Crippen LogP contribution in [0.5, 0.6) is 11.5 Å². The van der Waals surface area contributed by atoms with E-state index in [1.54, 1.807) is 6.07 Å². The monoisotopic (exact) mass is 285 g/mol. The van der Waals surface area contributed by atoms with Gasteiger partial charge >= 0.3 is 5.69 Å². The molecule has 0 heterocycles. The Morgan fingerprint density at radius 2 is 1.67 bits per heavy atom. The van der Waals surface area contributed by atoms with E-state index in [1.807, 2.05) is 42.5 Å². The lowest BCUT2D eigenvalue weighted by Crippen LogP contribution is -1.96. The number of nitro benzene ring substituents is 1. The van der Waals surface area contributed by atoms with Gasteiger partial charge in [-0.2, -0.15) is 0 Å². The highest BCUT2D eigenvalue weighted by Crippen LogP contribution is 2.35. The topological polar surface area (TPSA) is 61.6 Å². The van der Waals surface area contributed by atoms with Gasteiger partial charge in [-0.1, -0.05) is 42.5 Å². The zero-order chi connectivity index (χ0) is 15.2. The summed E-state index contributed by atoms with van der Waals surface area (Å²) in [6, 6.07) is 12.7. The first-order valence-corrected chi connectivity index (χ1v) is 6.29. The number of nitrogens with zero attached hydrogens (tertiary/aromatic N) is 1. The van der Waals surface area contributed by atoms with E-state index in [2.05, 4.69) is 0 Å². The fourth-order valence-electron chi connectivity index (χ4n) is 1.93. The second kappa shape index (κ2) is 6.56. The normalized spacial score (nSPS) is 10.6. The van der Waals surface area contributed by atoms with Crippen LogP contribution in [0.15, 0.2) is 42.5 Å². The molecule has 0 aromatic heterocycles. The molecule has 2 aromatic rings. The summed E-state index contributed by atoms with van der Waals surface area (Å²) in [6.07, 6.45) is 3.74. The molecule has 5 nitrogen and oxygen atoms in total. The summed E-state index contributed by atoms with van der Waals surface area (Å²) in [4.78, 5) is 10.5. The van der Waals surface area contributed by atoms with Gasteiger partial charge in [0.1, 0.15) is 5.75 Å². The molecule has 0 N–H and O–H groups in total. The molecule has 0 radical (unpaired) electrons. The summed E-state index contributed by atoms with van der Waals surface area (Å²) < 4.78 is 10.3. The third-order valence-corrected chi connectivity index (χ3v) is 2.98. The predicted octanol–water partition coefficient (Wildman–Crippen LogP) is 3.78. The second-order valence-electron chi connectivity index (χ2n) is 4.27. The Balaban J connectivity index is 2.43. The fraction of sp³-hybridized carbons (Fsp3) is 0.125. The van der Waals surface area contributed by atoms with Gasteiger partial charge in [0.25, 0.3) is 0 Å². The van der Waals surface area contributed by atoms with Crippen molar-refractivity contribution in [3.8, 4) is 11.5 Å². The molecule has 0 unspecified atom stereocenters. The lowest BCUT2D eigenvalue weighted by Gasteiger charge is -2.08. The summed E-state index contributed by atoms with van der Waals surface area (Å²) in [7, 11) is 2.88. The molecular weight excluding hydrogens is 270 g/mol. The van der Waals surface area contributed by atoms with E-state index in [-0.39, 0.29) is 11.4 Å². The molecule has 0 fully saturated rings. The molecule has 0 atom stereocenters. The van der Waals surface area contributed by atoms with E-state index in [0.717, 1.165) is 5.56 Å². The van der Waals surface area contributed by atoms with Crippen LogP contribution in [-0.4, -0.2) is 19.1 Å². The van der Waals surface area contributed by atoms with E-state index >= 15 is 0 Å². The third-order valence-electron chi connectivity index (χ3n) is 2.98. The molecule has 5 heteroatoms. The lowest BCUT2D eigenvalue weighted by atomic mass is 10.1. The van der Waals surface area contributed by atoms with Crippen LogP contribution < -0.4 is 9.47 Å². The summed E-state index contributed by atoms with van der Waals surface area (Å²) in [6.45, 7) is 0. The maximum atomic E-state index is 11.0. The Bertz CT molecular complexity index is 665. The SMILES string of the molecule is COc1cc([N+](=O)[O-])c(OC)cc1C=Cc1ccccc1. The Labute approximate surface area is 122 Å². The molecule has 0 aliphatic carbocycles. The number of rotatable bonds is 5. The van der Waals surface area contributed by atoms with E-state index in [1.165, 1.54) is 20.3 Å². The van der Waals surface area contributed by atoms with Crippen LogP contribution in [0.25, 0.3) is 12.2 Å². The van der Waals surface area contributed by atoms with Crippen molar-refractivity contribution in [1.82, 2.24) is 0 Å². The largest absolute Gasteiger partial charge is 0.496 e. The minimum absolute atomic E-state index is 0.119. The van der Waals surface area contributed by atoms with Crippen molar-refractivity contribution < 1.29 is 14.4 Å². The van der Waals surface area contributed by atoms with Crippen molar-refractivity contribution in [3.05, 3.63) is 63.7 Å². The van der Waals surface area contributed by atoms with Gasteiger partial charge in [0.15, 0.2) is 5.75 Å². The first-order chi connectivity index (χ1) is 10.2. The number of methoxy groups -OCH3 is 2. The van der Waals surface area contributed by atoms with Gasteiger partial charge in [0.2, 0.25) is 0 Å². The summed E-state index contributed by atoms with van der Waals surface area (Å²) in [5, 5.41) is 11.0. The van der Waals surface area contributed by atoms with Crippen LogP contribution in [0.4, 0.5) is 5.69 Å². The fourth-order valence-corrected chi connectivity index (χ4v) is 1.93. The zero-order valence-corrected chi connectivity index (χ0v) is 11.8. The number of hydrogen-bond acceptors (Lipinski definition) is 4. The van der Waals surface area contributed by atoms with Gasteiger partial charge in [-0.25, -0.2) is 0 Å². The minimum Gasteiger partial charge on any atom is -0.496 e. The zero-order valence-electron chi connectivity index (χ0n) is 11.8. The van der Waals surface area contributed by atoms with Crippen LogP contribution in [0.3, 0.4) is 0 Å². The first kappa shape index (κ1) is 14.6. The Kier molecular flexibility index (Phi) is 4.56. The van der Waals surface area contributed by atoms with E-state index in [0.29, 0.717) is 11.3 Å². The minimum atomic E-state index is -0.494. The first-order valence-electron chi connectivity index (χ1n) is 6.29. The van der Waals surface area contributed by atoms with Crippen molar-refractivity contribution >= 4 is 17.8 Å². The third kappa shape index (κ3) is 3.39. The highest BCUT2D eigenvalue weighted by Gasteiger charge is 2.18. The maximum Gasteiger partial charge on any atom is 0.314 e. The quantitative estimate of drug-likeness (QED) is 0.476. The maximum absolute atomic E-state index is 11.0. The number of hydrogen-bond donors (Lipinski definition) is 0. The van der Waals surface area contributed by atoms with Crippen LogP contribution in [0.1, 0.15) is 11.1 Å². The molecule has 21 heavy (non-hydrogen) atoms. The number of benzene rings is 2. The Morgan fingerprint density at radius 3 is 2.24 bits per heavy atom. The lowest BCUT2D eigenvalue weighted by molar-refractivity contribution is -0.385. The second-order valence-corrected chi connectivity index (χ2v) is 4.27. The molecule has 2 aromatic carbocycles. The number of nitro groups is 1. The van der Waals surface area contributed by atoms with Crippen molar-refractivity contribution in [3.63, 3.8) is 0 Å². The van der Waals surface area contributed by atoms with Crippen LogP contribution >= 0.6 is 0 Å². The average Bonchev–Trinajstić information content (AvgIpc) is 2.52. The van der Waals surface area contributed by atoms with Gasteiger partial charge in [0.05, 0.1) is 25.2 Å². The van der Waals surface area contributed by atoms with E-state index < -0.39 is 4.92 Å². The number of ether oxygens (including phenoxy) is 2. The Hall–Kier alpha value is -2.82. The highest BCUT2D eigenvalue weighted by molar-refractivity contribution is 5.75. The highest BCUT2D eigenvalue weighted by atomic mass is 16.6. The van der Waals surface area contributed by atoms with Gasteiger partial charge in [-0.05, 0) is 11.6 Å². The predicted molar refractivity (Wildman–Crippen MR) is 81.6 cm³/mol. The molecule has 108 valence electrons. The van der Waals surface area contributed by atoms with E-state index in [4.69, 9.17) is 9.47 Å². The molecule has 0 aliphatic rings. The molecule has 0 saturated carbocycles. The van der Waals surface area contributed by atoms with Crippen molar-refractivity contribution in [2.24, 2.45) is 0 Å².